The van der Waals surface area contributed by atoms with Gasteiger partial charge in [0.2, 0.25) is 0 Å². The average molecular weight is 614 g/mol. The Bertz CT molecular complexity index is 1130. The third kappa shape index (κ3) is 5.27. The highest BCUT2D eigenvalue weighted by molar-refractivity contribution is 14.1. The van der Waals surface area contributed by atoms with Crippen molar-refractivity contribution in [3.05, 3.63) is 55.6 Å². The predicted octanol–water partition coefficient (Wildman–Crippen LogP) is 2.98. The number of hydrogen-bond acceptors (Lipinski definition) is 6. The fraction of sp³-hybridized carbons (Fsp3) is 0.143. The van der Waals surface area contributed by atoms with Crippen LogP contribution in [0.2, 0.25) is 0 Å². The summed E-state index contributed by atoms with van der Waals surface area (Å²) in [7, 11) is 0. The molecule has 0 spiro atoms. The molecule has 1 saturated heterocycles. The van der Waals surface area contributed by atoms with Gasteiger partial charge in [-0.15, -0.1) is 0 Å². The zero-order valence-corrected chi connectivity index (χ0v) is 20.4. The molecule has 3 N–H and O–H groups in total. The van der Waals surface area contributed by atoms with E-state index in [1.54, 1.807) is 43.3 Å². The van der Waals surface area contributed by atoms with Crippen molar-refractivity contribution < 1.29 is 28.7 Å². The first-order chi connectivity index (χ1) is 15.2. The zero-order chi connectivity index (χ0) is 23.4. The molecular formula is C21H17BrIN3O6. The molecule has 2 aromatic carbocycles. The fourth-order valence-electron chi connectivity index (χ4n) is 2.87. The van der Waals surface area contributed by atoms with E-state index in [1.165, 1.54) is 6.08 Å². The second-order valence-electron chi connectivity index (χ2n) is 6.45. The molecule has 2 aromatic rings. The van der Waals surface area contributed by atoms with E-state index in [2.05, 4.69) is 21.2 Å². The van der Waals surface area contributed by atoms with Crippen LogP contribution in [0.5, 0.6) is 11.5 Å². The zero-order valence-electron chi connectivity index (χ0n) is 16.7. The van der Waals surface area contributed by atoms with Crippen molar-refractivity contribution in [1.82, 2.24) is 5.32 Å². The number of nitrogens with two attached hydrogens (primary N) is 1. The number of primary amides is 1. The van der Waals surface area contributed by atoms with Crippen LogP contribution in [-0.2, 0) is 14.4 Å². The SMILES string of the molecule is CCOc1cc(/C=C2\C(=O)NC(=O)N(c3ccc(Br)cc3)C2=O)cc(I)c1OCC(N)=O. The molecule has 0 unspecified atom stereocenters. The second-order valence-corrected chi connectivity index (χ2v) is 8.53. The number of amides is 5. The number of carbonyl (C=O) groups excluding carboxylic acids is 4. The maximum absolute atomic E-state index is 13.0. The van der Waals surface area contributed by atoms with E-state index in [4.69, 9.17) is 15.2 Å². The third-order valence-electron chi connectivity index (χ3n) is 4.19. The number of ether oxygens (including phenoxy) is 2. The molecule has 3 rings (SSSR count). The largest absolute Gasteiger partial charge is 0.490 e. The molecule has 1 heterocycles. The summed E-state index contributed by atoms with van der Waals surface area (Å²) in [6.07, 6.45) is 1.36. The van der Waals surface area contributed by atoms with Crippen LogP contribution in [0.15, 0.2) is 46.4 Å². The lowest BCUT2D eigenvalue weighted by molar-refractivity contribution is -0.123. The Hall–Kier alpha value is -2.93. The molecule has 0 aromatic heterocycles. The molecule has 1 fully saturated rings. The molecule has 9 nitrogen and oxygen atoms in total. The molecule has 11 heteroatoms. The molecule has 1 aliphatic heterocycles. The van der Waals surface area contributed by atoms with Gasteiger partial charge in [-0.3, -0.25) is 19.7 Å². The molecule has 32 heavy (non-hydrogen) atoms. The predicted molar refractivity (Wildman–Crippen MR) is 128 cm³/mol. The van der Waals surface area contributed by atoms with Gasteiger partial charge < -0.3 is 15.2 Å². The number of halogens is 2. The Balaban J connectivity index is 2.00. The summed E-state index contributed by atoms with van der Waals surface area (Å²) in [6, 6.07) is 8.89. The Morgan fingerprint density at radius 3 is 2.50 bits per heavy atom. The van der Waals surface area contributed by atoms with Crippen molar-refractivity contribution in [2.45, 2.75) is 6.92 Å². The quantitative estimate of drug-likeness (QED) is 0.281. The number of hydrogen-bond donors (Lipinski definition) is 2. The van der Waals surface area contributed by atoms with Crippen LogP contribution in [0, 0.1) is 3.57 Å². The van der Waals surface area contributed by atoms with Crippen LogP contribution in [0.3, 0.4) is 0 Å². The number of rotatable bonds is 7. The number of benzene rings is 2. The minimum absolute atomic E-state index is 0.225. The van der Waals surface area contributed by atoms with Gasteiger partial charge in [-0.2, -0.15) is 0 Å². The van der Waals surface area contributed by atoms with E-state index in [1.807, 2.05) is 22.6 Å². The highest BCUT2D eigenvalue weighted by Gasteiger charge is 2.36. The third-order valence-corrected chi connectivity index (χ3v) is 5.52. The summed E-state index contributed by atoms with van der Waals surface area (Å²) in [5, 5.41) is 2.18. The van der Waals surface area contributed by atoms with Gasteiger partial charge in [-0.25, -0.2) is 9.69 Å². The van der Waals surface area contributed by atoms with Crippen molar-refractivity contribution in [3.63, 3.8) is 0 Å². The van der Waals surface area contributed by atoms with Crippen molar-refractivity contribution >= 4 is 74.0 Å². The minimum Gasteiger partial charge on any atom is -0.490 e. The monoisotopic (exact) mass is 613 g/mol. The first kappa shape index (κ1) is 23.7. The maximum Gasteiger partial charge on any atom is 0.335 e. The summed E-state index contributed by atoms with van der Waals surface area (Å²) in [5.41, 5.74) is 5.70. The van der Waals surface area contributed by atoms with E-state index in [0.29, 0.717) is 32.9 Å². The van der Waals surface area contributed by atoms with Crippen LogP contribution in [0.1, 0.15) is 12.5 Å². The summed E-state index contributed by atoms with van der Waals surface area (Å²) in [5.74, 6) is -1.58. The van der Waals surface area contributed by atoms with Gasteiger partial charge in [0, 0.05) is 4.47 Å². The highest BCUT2D eigenvalue weighted by Crippen LogP contribution is 2.35. The first-order valence-corrected chi connectivity index (χ1v) is 11.1. The summed E-state index contributed by atoms with van der Waals surface area (Å²) < 4.78 is 12.4. The number of nitrogens with zero attached hydrogens (tertiary/aromatic N) is 1. The van der Waals surface area contributed by atoms with Gasteiger partial charge in [0.15, 0.2) is 18.1 Å². The normalized spacial score (nSPS) is 15.0. The number of nitrogens with one attached hydrogen (secondary N) is 1. The number of barbiturate groups is 1. The molecule has 0 bridgehead atoms. The van der Waals surface area contributed by atoms with Gasteiger partial charge in [-0.05, 0) is 77.6 Å². The lowest BCUT2D eigenvalue weighted by Gasteiger charge is -2.26. The van der Waals surface area contributed by atoms with Crippen LogP contribution in [0.4, 0.5) is 10.5 Å². The number of imide groups is 2. The van der Waals surface area contributed by atoms with Crippen LogP contribution >= 0.6 is 38.5 Å². The lowest BCUT2D eigenvalue weighted by Crippen LogP contribution is -2.54. The van der Waals surface area contributed by atoms with Gasteiger partial charge in [0.05, 0.1) is 15.9 Å². The Morgan fingerprint density at radius 2 is 1.88 bits per heavy atom. The molecule has 0 aliphatic carbocycles. The Morgan fingerprint density at radius 1 is 1.19 bits per heavy atom. The first-order valence-electron chi connectivity index (χ1n) is 9.25. The molecule has 5 amide bonds. The second kappa shape index (κ2) is 10.1. The van der Waals surface area contributed by atoms with E-state index < -0.39 is 23.8 Å². The topological polar surface area (TPSA) is 128 Å². The van der Waals surface area contributed by atoms with Crippen LogP contribution < -0.4 is 25.4 Å². The molecular weight excluding hydrogens is 597 g/mol. The van der Waals surface area contributed by atoms with Crippen molar-refractivity contribution in [1.29, 1.82) is 0 Å². The molecule has 0 saturated carbocycles. The van der Waals surface area contributed by atoms with Gasteiger partial charge in [0.25, 0.3) is 17.7 Å². The molecule has 0 atom stereocenters. The van der Waals surface area contributed by atoms with E-state index >= 15 is 0 Å². The lowest BCUT2D eigenvalue weighted by atomic mass is 10.1. The van der Waals surface area contributed by atoms with Crippen LogP contribution in [-0.4, -0.2) is 37.0 Å². The maximum atomic E-state index is 13.0. The van der Waals surface area contributed by atoms with Gasteiger partial charge in [0.1, 0.15) is 5.57 Å². The summed E-state index contributed by atoms with van der Waals surface area (Å²) >= 11 is 5.28. The smallest absolute Gasteiger partial charge is 0.335 e. The van der Waals surface area contributed by atoms with E-state index in [9.17, 15) is 19.2 Å². The fourth-order valence-corrected chi connectivity index (χ4v) is 3.91. The Kier molecular flexibility index (Phi) is 7.51. The average Bonchev–Trinajstić information content (AvgIpc) is 2.72. The van der Waals surface area contributed by atoms with Crippen molar-refractivity contribution in [2.75, 3.05) is 18.1 Å². The van der Waals surface area contributed by atoms with Gasteiger partial charge >= 0.3 is 6.03 Å². The molecule has 1 aliphatic rings. The Labute approximate surface area is 205 Å². The summed E-state index contributed by atoms with van der Waals surface area (Å²) in [6.45, 7) is 1.76. The number of carbonyl (C=O) groups is 4. The van der Waals surface area contributed by atoms with Crippen LogP contribution in [0.25, 0.3) is 6.08 Å². The van der Waals surface area contributed by atoms with E-state index in [0.717, 1.165) is 9.37 Å². The highest BCUT2D eigenvalue weighted by atomic mass is 127. The minimum atomic E-state index is -0.834. The molecule has 0 radical (unpaired) electrons. The summed E-state index contributed by atoms with van der Waals surface area (Å²) in [4.78, 5) is 49.7. The van der Waals surface area contributed by atoms with E-state index in [-0.39, 0.29) is 12.2 Å². The molecule has 166 valence electrons. The van der Waals surface area contributed by atoms with Crippen molar-refractivity contribution in [2.24, 2.45) is 5.73 Å². The van der Waals surface area contributed by atoms with Gasteiger partial charge in [-0.1, -0.05) is 15.9 Å². The van der Waals surface area contributed by atoms with Crippen molar-refractivity contribution in [3.8, 4) is 11.5 Å². The standard InChI is InChI=1S/C21H17BrIN3O6/c1-2-31-16-9-11(8-15(23)18(16)32-10-17(24)27)7-14-19(28)25-21(30)26(20(14)29)13-5-3-12(22)4-6-13/h3-9H,2,10H2,1H3,(H2,24,27)(H,25,28,30)/b14-7+. The number of anilines is 1. The number of urea groups is 1.